The maximum Gasteiger partial charge on any atom is 0.323 e. The van der Waals surface area contributed by atoms with Crippen molar-refractivity contribution in [3.63, 3.8) is 0 Å². The van der Waals surface area contributed by atoms with Crippen LogP contribution >= 0.6 is 0 Å². The number of carboxylic acids is 1. The minimum atomic E-state index is -1.06. The van der Waals surface area contributed by atoms with Crippen LogP contribution in [0.4, 0.5) is 4.79 Å². The van der Waals surface area contributed by atoms with Gasteiger partial charge in [0.1, 0.15) is 6.54 Å². The molecule has 6 nitrogen and oxygen atoms in total. The van der Waals surface area contributed by atoms with Gasteiger partial charge >= 0.3 is 12.0 Å². The van der Waals surface area contributed by atoms with Crippen LogP contribution in [-0.2, 0) is 4.79 Å². The fraction of sp³-hybridized carbons (Fsp3) is 0.692. The summed E-state index contributed by atoms with van der Waals surface area (Å²) in [6, 6.07) is -0.318. The molecule has 1 N–H and O–H groups in total. The summed E-state index contributed by atoms with van der Waals surface area (Å²) >= 11 is 0. The van der Waals surface area contributed by atoms with Crippen molar-refractivity contribution in [2.45, 2.75) is 13.3 Å². The minimum Gasteiger partial charge on any atom is -0.480 e. The number of nitrogens with zero attached hydrogens (tertiary/aromatic N) is 3. The molecule has 19 heavy (non-hydrogen) atoms. The summed E-state index contributed by atoms with van der Waals surface area (Å²) in [7, 11) is 3.93. The van der Waals surface area contributed by atoms with Crippen molar-refractivity contribution in [2.24, 2.45) is 0 Å². The largest absolute Gasteiger partial charge is 0.480 e. The van der Waals surface area contributed by atoms with Crippen molar-refractivity contribution in [3.05, 3.63) is 0 Å². The topological polar surface area (TPSA) is 64.1 Å². The molecule has 0 radical (unpaired) electrons. The Labute approximate surface area is 115 Å². The number of carbonyl (C=O) groups is 2. The predicted molar refractivity (Wildman–Crippen MR) is 73.9 cm³/mol. The number of carboxylic acid groups (broad SMARTS) is 1. The van der Waals surface area contributed by atoms with Gasteiger partial charge in [-0.2, -0.15) is 0 Å². The quantitative estimate of drug-likeness (QED) is 0.648. The van der Waals surface area contributed by atoms with E-state index in [0.29, 0.717) is 13.1 Å². The highest BCUT2D eigenvalue weighted by atomic mass is 16.4. The molecule has 0 rings (SSSR count). The SMILES string of the molecule is C#CCN(CC(=O)O)C(=O)N(CC)CCCN(C)C. The van der Waals surface area contributed by atoms with Gasteiger partial charge < -0.3 is 19.8 Å². The summed E-state index contributed by atoms with van der Waals surface area (Å²) < 4.78 is 0. The first-order valence-electron chi connectivity index (χ1n) is 6.26. The lowest BCUT2D eigenvalue weighted by atomic mass is 10.3. The van der Waals surface area contributed by atoms with Crippen molar-refractivity contribution in [1.82, 2.24) is 14.7 Å². The first-order valence-corrected chi connectivity index (χ1v) is 6.26. The summed E-state index contributed by atoms with van der Waals surface area (Å²) in [6.07, 6.45) is 6.00. The van der Waals surface area contributed by atoms with Gasteiger partial charge in [0.15, 0.2) is 0 Å². The van der Waals surface area contributed by atoms with Gasteiger partial charge in [-0.1, -0.05) is 5.92 Å². The molecular weight excluding hydrogens is 246 g/mol. The van der Waals surface area contributed by atoms with Crippen molar-refractivity contribution in [3.8, 4) is 12.3 Å². The lowest BCUT2D eigenvalue weighted by Crippen LogP contribution is -2.46. The molecular formula is C13H23N3O3. The molecule has 0 saturated carbocycles. The first-order chi connectivity index (χ1) is 8.92. The highest BCUT2D eigenvalue weighted by molar-refractivity contribution is 5.80. The Morgan fingerprint density at radius 1 is 1.21 bits per heavy atom. The number of hydrogen-bond acceptors (Lipinski definition) is 3. The molecule has 0 saturated heterocycles. The van der Waals surface area contributed by atoms with Crippen molar-refractivity contribution in [1.29, 1.82) is 0 Å². The average Bonchev–Trinajstić information content (AvgIpc) is 2.32. The molecule has 0 aliphatic heterocycles. The van der Waals surface area contributed by atoms with E-state index in [2.05, 4.69) is 5.92 Å². The fourth-order valence-electron chi connectivity index (χ4n) is 1.63. The van der Waals surface area contributed by atoms with Gasteiger partial charge in [-0.15, -0.1) is 6.42 Å². The summed E-state index contributed by atoms with van der Waals surface area (Å²) in [5, 5.41) is 8.78. The Morgan fingerprint density at radius 2 is 1.84 bits per heavy atom. The number of urea groups is 1. The van der Waals surface area contributed by atoms with Gasteiger partial charge in [0.05, 0.1) is 6.54 Å². The first kappa shape index (κ1) is 17.3. The van der Waals surface area contributed by atoms with Crippen LogP contribution in [0.25, 0.3) is 0 Å². The molecule has 0 aromatic carbocycles. The maximum atomic E-state index is 12.2. The van der Waals surface area contributed by atoms with Crippen LogP contribution in [0.5, 0.6) is 0 Å². The van der Waals surface area contributed by atoms with Crippen LogP contribution in [0.15, 0.2) is 0 Å². The second kappa shape index (κ2) is 9.22. The van der Waals surface area contributed by atoms with Gasteiger partial charge in [-0.25, -0.2) is 4.79 Å². The van der Waals surface area contributed by atoms with E-state index in [1.807, 2.05) is 25.9 Å². The molecule has 0 bridgehead atoms. The summed E-state index contributed by atoms with van der Waals surface area (Å²) in [5.41, 5.74) is 0. The fourth-order valence-corrected chi connectivity index (χ4v) is 1.63. The summed E-state index contributed by atoms with van der Waals surface area (Å²) in [6.45, 7) is 3.50. The zero-order valence-electron chi connectivity index (χ0n) is 11.9. The van der Waals surface area contributed by atoms with Crippen LogP contribution in [-0.4, -0.2) is 78.6 Å². The van der Waals surface area contributed by atoms with Gasteiger partial charge in [0.25, 0.3) is 0 Å². The second-order valence-electron chi connectivity index (χ2n) is 4.47. The number of terminal acetylenes is 1. The predicted octanol–water partition coefficient (Wildman–Crippen LogP) is 0.400. The highest BCUT2D eigenvalue weighted by Crippen LogP contribution is 2.01. The third-order valence-electron chi connectivity index (χ3n) is 2.56. The molecule has 0 heterocycles. The molecule has 2 amide bonds. The van der Waals surface area contributed by atoms with E-state index in [4.69, 9.17) is 11.5 Å². The second-order valence-corrected chi connectivity index (χ2v) is 4.47. The third kappa shape index (κ3) is 7.32. The van der Waals surface area contributed by atoms with E-state index >= 15 is 0 Å². The van der Waals surface area contributed by atoms with Gasteiger partial charge in [0, 0.05) is 13.1 Å². The van der Waals surface area contributed by atoms with Crippen molar-refractivity contribution >= 4 is 12.0 Å². The number of rotatable bonds is 8. The van der Waals surface area contributed by atoms with E-state index < -0.39 is 5.97 Å². The van der Waals surface area contributed by atoms with Crippen LogP contribution in [0.3, 0.4) is 0 Å². The molecule has 6 heteroatoms. The van der Waals surface area contributed by atoms with E-state index in [1.54, 1.807) is 4.90 Å². The summed E-state index contributed by atoms with van der Waals surface area (Å²) in [4.78, 5) is 27.7. The van der Waals surface area contributed by atoms with Gasteiger partial charge in [0.2, 0.25) is 0 Å². The normalized spacial score (nSPS) is 10.1. The Bertz CT molecular complexity index is 337. The molecule has 0 aliphatic carbocycles. The zero-order chi connectivity index (χ0) is 14.8. The Kier molecular flexibility index (Phi) is 8.38. The van der Waals surface area contributed by atoms with E-state index in [-0.39, 0.29) is 19.1 Å². The number of carbonyl (C=O) groups excluding carboxylic acids is 1. The van der Waals surface area contributed by atoms with Gasteiger partial charge in [-0.05, 0) is 34.0 Å². The van der Waals surface area contributed by atoms with Crippen LogP contribution in [0.1, 0.15) is 13.3 Å². The third-order valence-corrected chi connectivity index (χ3v) is 2.56. The van der Waals surface area contributed by atoms with E-state index in [1.165, 1.54) is 4.90 Å². The molecule has 0 unspecified atom stereocenters. The monoisotopic (exact) mass is 269 g/mol. The molecule has 0 fully saturated rings. The van der Waals surface area contributed by atoms with Crippen molar-refractivity contribution < 1.29 is 14.7 Å². The minimum absolute atomic E-state index is 0.00924. The molecule has 108 valence electrons. The number of amides is 2. The van der Waals surface area contributed by atoms with Crippen LogP contribution < -0.4 is 0 Å². The number of aliphatic carboxylic acids is 1. The van der Waals surface area contributed by atoms with Crippen LogP contribution in [0, 0.1) is 12.3 Å². The van der Waals surface area contributed by atoms with Crippen LogP contribution in [0.2, 0.25) is 0 Å². The van der Waals surface area contributed by atoms with Crippen molar-refractivity contribution in [2.75, 3.05) is 46.8 Å². The molecule has 0 atom stereocenters. The van der Waals surface area contributed by atoms with E-state index in [9.17, 15) is 9.59 Å². The lowest BCUT2D eigenvalue weighted by molar-refractivity contribution is -0.137. The van der Waals surface area contributed by atoms with Gasteiger partial charge in [-0.3, -0.25) is 4.79 Å². The smallest absolute Gasteiger partial charge is 0.323 e. The Balaban J connectivity index is 4.50. The highest BCUT2D eigenvalue weighted by Gasteiger charge is 2.20. The standard InChI is InChI=1S/C13H23N3O3/c1-5-8-16(11-12(17)18)13(19)15(6-2)10-7-9-14(3)4/h1H,6-11H2,2-4H3,(H,17,18). The number of hydrogen-bond donors (Lipinski definition) is 1. The molecule has 0 spiro atoms. The Hall–Kier alpha value is -1.74. The summed E-state index contributed by atoms with van der Waals surface area (Å²) in [5.74, 6) is 1.25. The maximum absolute atomic E-state index is 12.2. The lowest BCUT2D eigenvalue weighted by Gasteiger charge is -2.28. The molecule has 0 aromatic rings. The molecule has 0 aromatic heterocycles. The Morgan fingerprint density at radius 3 is 2.26 bits per heavy atom. The zero-order valence-corrected chi connectivity index (χ0v) is 11.9. The average molecular weight is 269 g/mol. The van der Waals surface area contributed by atoms with E-state index in [0.717, 1.165) is 13.0 Å². The molecule has 0 aliphatic rings.